The van der Waals surface area contributed by atoms with Crippen molar-refractivity contribution >= 4 is 51.5 Å². The third-order valence-corrected chi connectivity index (χ3v) is 7.95. The fourth-order valence-corrected chi connectivity index (χ4v) is 5.68. The summed E-state index contributed by atoms with van der Waals surface area (Å²) in [6.07, 6.45) is 0.150. The van der Waals surface area contributed by atoms with Crippen molar-refractivity contribution in [2.45, 2.75) is 24.3 Å². The van der Waals surface area contributed by atoms with E-state index in [-0.39, 0.29) is 24.2 Å². The van der Waals surface area contributed by atoms with Crippen molar-refractivity contribution < 1.29 is 14.7 Å². The number of hydrogen-bond acceptors (Lipinski definition) is 7. The number of aromatic nitrogens is 2. The maximum atomic E-state index is 13.9. The molecule has 0 spiro atoms. The average Bonchev–Trinajstić information content (AvgIpc) is 3.45. The van der Waals surface area contributed by atoms with Crippen LogP contribution in [-0.4, -0.2) is 70.8 Å². The number of likely N-dealkylation sites (N-methyl/N-ethyl adjacent to an activating group) is 1. The summed E-state index contributed by atoms with van der Waals surface area (Å²) in [5.41, 5.74) is 1.28. The van der Waals surface area contributed by atoms with Crippen LogP contribution in [0.1, 0.15) is 24.3 Å². The van der Waals surface area contributed by atoms with Crippen molar-refractivity contribution in [3.05, 3.63) is 39.3 Å². The van der Waals surface area contributed by atoms with E-state index < -0.39 is 11.6 Å². The zero-order chi connectivity index (χ0) is 22.2. The molecule has 2 N–H and O–H groups in total. The van der Waals surface area contributed by atoms with Crippen LogP contribution in [0.2, 0.25) is 10.0 Å². The highest BCUT2D eigenvalue weighted by atomic mass is 35.5. The number of nitrogens with one attached hydrogen (secondary N) is 1. The van der Waals surface area contributed by atoms with Crippen LogP contribution < -0.4 is 10.2 Å². The predicted molar refractivity (Wildman–Crippen MR) is 120 cm³/mol. The third-order valence-electron chi connectivity index (χ3n) is 6.46. The van der Waals surface area contributed by atoms with Gasteiger partial charge in [-0.1, -0.05) is 40.6 Å². The van der Waals surface area contributed by atoms with Crippen molar-refractivity contribution in [2.75, 3.05) is 38.1 Å². The molecule has 1 amide bonds. The standard InChI is InChI=1S/C20H23Cl2N5O3S/c1-26(19(29)30)20(10-23-9-14(20)13-2-3-15(21)16(22)8-13)17(28)12-4-6-27(7-5-12)18-25-24-11-31-18/h2-3,8,11-12,14,23H,4-7,9-10H2,1H3,(H,29,30)/t14-,20+/m1/s1. The lowest BCUT2D eigenvalue weighted by Gasteiger charge is -2.43. The highest BCUT2D eigenvalue weighted by Gasteiger charge is 2.56. The van der Waals surface area contributed by atoms with Gasteiger partial charge in [-0.05, 0) is 30.5 Å². The molecule has 3 heterocycles. The van der Waals surface area contributed by atoms with Gasteiger partial charge in [0.2, 0.25) is 5.13 Å². The molecule has 2 aliphatic heterocycles. The molecule has 2 aliphatic rings. The first-order valence-corrected chi connectivity index (χ1v) is 11.7. The summed E-state index contributed by atoms with van der Waals surface area (Å²) in [4.78, 5) is 29.3. The second kappa shape index (κ2) is 8.90. The van der Waals surface area contributed by atoms with Gasteiger partial charge in [0.05, 0.1) is 10.0 Å². The van der Waals surface area contributed by atoms with Gasteiger partial charge >= 0.3 is 6.09 Å². The van der Waals surface area contributed by atoms with Gasteiger partial charge in [-0.3, -0.25) is 9.69 Å². The summed E-state index contributed by atoms with van der Waals surface area (Å²) in [7, 11) is 1.48. The highest BCUT2D eigenvalue weighted by Crippen LogP contribution is 2.42. The molecule has 2 aromatic rings. The lowest BCUT2D eigenvalue weighted by Crippen LogP contribution is -2.61. The second-order valence-electron chi connectivity index (χ2n) is 7.97. The summed E-state index contributed by atoms with van der Waals surface area (Å²) in [6, 6.07) is 5.24. The maximum Gasteiger partial charge on any atom is 0.407 e. The van der Waals surface area contributed by atoms with Gasteiger partial charge < -0.3 is 15.3 Å². The Morgan fingerprint density at radius 2 is 2.03 bits per heavy atom. The Morgan fingerprint density at radius 1 is 1.29 bits per heavy atom. The minimum absolute atomic E-state index is 0.0459. The van der Waals surface area contributed by atoms with Gasteiger partial charge in [0.25, 0.3) is 0 Å². The molecule has 0 saturated carbocycles. The summed E-state index contributed by atoms with van der Waals surface area (Å²) in [6.45, 7) is 2.10. The number of benzene rings is 1. The number of piperidine rings is 1. The van der Waals surface area contributed by atoms with Crippen LogP contribution in [0.5, 0.6) is 0 Å². The van der Waals surface area contributed by atoms with Crippen LogP contribution in [0, 0.1) is 5.92 Å². The molecule has 0 bridgehead atoms. The number of carbonyl (C=O) groups is 2. The Hall–Kier alpha value is -1.94. The molecule has 8 nitrogen and oxygen atoms in total. The fourth-order valence-electron chi connectivity index (χ4n) is 4.76. The summed E-state index contributed by atoms with van der Waals surface area (Å²) >= 11 is 13.8. The molecule has 1 aromatic heterocycles. The van der Waals surface area contributed by atoms with Gasteiger partial charge in [-0.2, -0.15) is 0 Å². The molecule has 2 saturated heterocycles. The van der Waals surface area contributed by atoms with Crippen molar-refractivity contribution in [3.63, 3.8) is 0 Å². The first kappa shape index (κ1) is 22.3. The molecule has 166 valence electrons. The number of halogens is 2. The average molecular weight is 484 g/mol. The largest absolute Gasteiger partial charge is 0.465 e. The Balaban J connectivity index is 1.63. The van der Waals surface area contributed by atoms with Gasteiger partial charge in [-0.25, -0.2) is 4.79 Å². The second-order valence-corrected chi connectivity index (χ2v) is 9.60. The molecule has 2 atom stereocenters. The first-order chi connectivity index (χ1) is 14.8. The van der Waals surface area contributed by atoms with Crippen LogP contribution in [-0.2, 0) is 4.79 Å². The number of Topliss-reactive ketones (excluding diaryl/α,β-unsaturated/α-hetero) is 1. The molecule has 11 heteroatoms. The quantitative estimate of drug-likeness (QED) is 0.672. The van der Waals surface area contributed by atoms with Gasteiger partial charge in [0.1, 0.15) is 11.0 Å². The minimum Gasteiger partial charge on any atom is -0.465 e. The molecule has 4 rings (SSSR count). The maximum absolute atomic E-state index is 13.9. The number of carboxylic acid groups (broad SMARTS) is 1. The van der Waals surface area contributed by atoms with Crippen LogP contribution in [0.4, 0.5) is 9.93 Å². The molecule has 0 aliphatic carbocycles. The zero-order valence-corrected chi connectivity index (χ0v) is 19.3. The molecular formula is C20H23Cl2N5O3S. The van der Waals surface area contributed by atoms with Crippen LogP contribution in [0.3, 0.4) is 0 Å². The van der Waals surface area contributed by atoms with E-state index >= 15 is 0 Å². The van der Waals surface area contributed by atoms with Crippen molar-refractivity contribution in [1.82, 2.24) is 20.4 Å². The van der Waals surface area contributed by atoms with E-state index in [1.165, 1.54) is 23.3 Å². The SMILES string of the molecule is CN(C(=O)O)[C@@]1(C(=O)C2CCN(c3nncs3)CC2)CNC[C@@H]1c1ccc(Cl)c(Cl)c1. The van der Waals surface area contributed by atoms with Crippen LogP contribution in [0.25, 0.3) is 0 Å². The fraction of sp³-hybridized carbons (Fsp3) is 0.500. The molecule has 0 unspecified atom stereocenters. The van der Waals surface area contributed by atoms with Crippen molar-refractivity contribution in [2.24, 2.45) is 5.92 Å². The molecule has 0 radical (unpaired) electrons. The van der Waals surface area contributed by atoms with Gasteiger partial charge in [0, 0.05) is 45.1 Å². The topological polar surface area (TPSA) is 98.7 Å². The number of amides is 1. The van der Waals surface area contributed by atoms with Gasteiger partial charge in [0.15, 0.2) is 5.78 Å². The number of hydrogen-bond donors (Lipinski definition) is 2. The Kier molecular flexibility index (Phi) is 6.39. The number of carbonyl (C=O) groups excluding carboxylic acids is 1. The lowest BCUT2D eigenvalue weighted by molar-refractivity contribution is -0.134. The van der Waals surface area contributed by atoms with Gasteiger partial charge in [-0.15, -0.1) is 10.2 Å². The summed E-state index contributed by atoms with van der Waals surface area (Å²) in [5.74, 6) is -0.649. The van der Waals surface area contributed by atoms with E-state index in [0.29, 0.717) is 42.5 Å². The number of ketones is 1. The van der Waals surface area contributed by atoms with E-state index in [1.807, 2.05) is 6.07 Å². The summed E-state index contributed by atoms with van der Waals surface area (Å²) < 4.78 is 0. The van der Waals surface area contributed by atoms with E-state index in [1.54, 1.807) is 17.6 Å². The first-order valence-electron chi connectivity index (χ1n) is 10.0. The summed E-state index contributed by atoms with van der Waals surface area (Å²) in [5, 5.41) is 22.8. The smallest absolute Gasteiger partial charge is 0.407 e. The molecular weight excluding hydrogens is 461 g/mol. The molecule has 31 heavy (non-hydrogen) atoms. The van der Waals surface area contributed by atoms with Crippen LogP contribution >= 0.6 is 34.5 Å². The molecule has 1 aromatic carbocycles. The third kappa shape index (κ3) is 4.00. The molecule has 2 fully saturated rings. The number of nitrogens with zero attached hydrogens (tertiary/aromatic N) is 4. The van der Waals surface area contributed by atoms with E-state index in [4.69, 9.17) is 23.2 Å². The lowest BCUT2D eigenvalue weighted by atomic mass is 9.72. The zero-order valence-electron chi connectivity index (χ0n) is 16.9. The Bertz CT molecular complexity index is 968. The van der Waals surface area contributed by atoms with Crippen molar-refractivity contribution in [3.8, 4) is 0 Å². The number of anilines is 1. The van der Waals surface area contributed by atoms with E-state index in [0.717, 1.165) is 10.7 Å². The number of rotatable bonds is 5. The predicted octanol–water partition coefficient (Wildman–Crippen LogP) is 3.37. The van der Waals surface area contributed by atoms with E-state index in [2.05, 4.69) is 20.4 Å². The normalized spacial score (nSPS) is 24.4. The van der Waals surface area contributed by atoms with Crippen molar-refractivity contribution in [1.29, 1.82) is 0 Å². The highest BCUT2D eigenvalue weighted by molar-refractivity contribution is 7.13. The Labute approximate surface area is 194 Å². The van der Waals surface area contributed by atoms with Crippen LogP contribution in [0.15, 0.2) is 23.7 Å². The minimum atomic E-state index is -1.21. The van der Waals surface area contributed by atoms with E-state index in [9.17, 15) is 14.7 Å². The Morgan fingerprint density at radius 3 is 2.65 bits per heavy atom. The monoisotopic (exact) mass is 483 g/mol.